The number of benzene rings is 1. The number of para-hydroxylation sites is 2. The molecule has 3 nitrogen and oxygen atoms in total. The molecule has 0 saturated heterocycles. The smallest absolute Gasteiger partial charge is 0.213 e. The monoisotopic (exact) mass is 171 g/mol. The topological polar surface area (TPSA) is 43.8 Å². The fraction of sp³-hybridized carbons (Fsp3) is 0.100. The van der Waals surface area contributed by atoms with Gasteiger partial charge >= 0.3 is 0 Å². The lowest BCUT2D eigenvalue weighted by atomic mass is 10.3. The van der Waals surface area contributed by atoms with Crippen molar-refractivity contribution in [3.8, 4) is 12.0 Å². The lowest BCUT2D eigenvalue weighted by Gasteiger charge is -1.92. The summed E-state index contributed by atoms with van der Waals surface area (Å²) in [4.78, 5) is 4.17. The van der Waals surface area contributed by atoms with Crippen LogP contribution in [0.2, 0.25) is 0 Å². The van der Waals surface area contributed by atoms with Crippen LogP contribution < -0.4 is 5.73 Å². The summed E-state index contributed by atoms with van der Waals surface area (Å²) in [5.74, 6) is 3.24. The number of rotatable bonds is 0. The van der Waals surface area contributed by atoms with Gasteiger partial charge in [0, 0.05) is 6.04 Å². The van der Waals surface area contributed by atoms with Crippen LogP contribution in [-0.4, -0.2) is 9.55 Å². The number of hydrogen-bond donors (Lipinski definition) is 1. The number of aromatic nitrogens is 2. The van der Waals surface area contributed by atoms with Crippen LogP contribution in [0.1, 0.15) is 6.92 Å². The summed E-state index contributed by atoms with van der Waals surface area (Å²) in [6, 6.07) is 10.6. The van der Waals surface area contributed by atoms with E-state index in [0.29, 0.717) is 5.95 Å². The van der Waals surface area contributed by atoms with Crippen molar-refractivity contribution in [2.24, 2.45) is 0 Å². The first-order valence-corrected chi connectivity index (χ1v) is 3.98. The van der Waals surface area contributed by atoms with Gasteiger partial charge in [-0.1, -0.05) is 18.1 Å². The van der Waals surface area contributed by atoms with Crippen molar-refractivity contribution in [2.45, 2.75) is 6.92 Å². The van der Waals surface area contributed by atoms with E-state index in [1.165, 1.54) is 0 Å². The zero-order chi connectivity index (χ0) is 9.26. The average Bonchev–Trinajstić information content (AvgIpc) is 2.44. The largest absolute Gasteiger partial charge is 0.368 e. The van der Waals surface area contributed by atoms with E-state index in [1.807, 2.05) is 24.3 Å². The Bertz CT molecular complexity index is 500. The number of fused-ring (bicyclic) bond motifs is 1. The van der Waals surface area contributed by atoms with Crippen molar-refractivity contribution in [3.63, 3.8) is 0 Å². The molecule has 13 heavy (non-hydrogen) atoms. The molecule has 3 heteroatoms. The third-order valence-electron chi connectivity index (χ3n) is 1.81. The van der Waals surface area contributed by atoms with Gasteiger partial charge in [0.25, 0.3) is 0 Å². The van der Waals surface area contributed by atoms with Crippen LogP contribution >= 0.6 is 0 Å². The van der Waals surface area contributed by atoms with Crippen molar-refractivity contribution in [1.82, 2.24) is 9.55 Å². The third kappa shape index (κ3) is 1.13. The van der Waals surface area contributed by atoms with Gasteiger partial charge in [-0.3, -0.25) is 0 Å². The Kier molecular flexibility index (Phi) is 1.67. The molecule has 0 aliphatic rings. The molecule has 0 saturated carbocycles. The second kappa shape index (κ2) is 2.83. The highest BCUT2D eigenvalue weighted by Gasteiger charge is 2.03. The van der Waals surface area contributed by atoms with E-state index in [4.69, 9.17) is 5.73 Å². The number of anilines is 1. The zero-order valence-corrected chi connectivity index (χ0v) is 7.28. The SMILES string of the molecule is CC#Cn1c(N)nc2ccccc21. The molecule has 64 valence electrons. The summed E-state index contributed by atoms with van der Waals surface area (Å²) in [5.41, 5.74) is 7.52. The van der Waals surface area contributed by atoms with Crippen LogP contribution in [0.15, 0.2) is 24.3 Å². The number of imidazole rings is 1. The van der Waals surface area contributed by atoms with Gasteiger partial charge in [0.2, 0.25) is 5.95 Å². The molecule has 0 bridgehead atoms. The van der Waals surface area contributed by atoms with E-state index in [2.05, 4.69) is 16.9 Å². The molecule has 1 aromatic heterocycles. The summed E-state index contributed by atoms with van der Waals surface area (Å²) in [6.07, 6.45) is 0. The molecule has 2 rings (SSSR count). The van der Waals surface area contributed by atoms with E-state index in [9.17, 15) is 0 Å². The Labute approximate surface area is 76.2 Å². The molecule has 0 amide bonds. The van der Waals surface area contributed by atoms with Crippen LogP contribution in [0.3, 0.4) is 0 Å². The summed E-state index contributed by atoms with van der Waals surface area (Å²) in [5, 5.41) is 0. The van der Waals surface area contributed by atoms with Crippen LogP contribution in [0.4, 0.5) is 5.95 Å². The number of nitrogens with zero attached hydrogens (tertiary/aromatic N) is 2. The predicted octanol–water partition coefficient (Wildman–Crippen LogP) is 1.45. The Morgan fingerprint density at radius 1 is 1.38 bits per heavy atom. The van der Waals surface area contributed by atoms with Crippen LogP contribution in [0, 0.1) is 12.0 Å². The van der Waals surface area contributed by atoms with Gasteiger partial charge in [-0.15, -0.1) is 0 Å². The van der Waals surface area contributed by atoms with Gasteiger partial charge in [0.15, 0.2) is 0 Å². The number of nitrogen functional groups attached to an aromatic ring is 1. The molecule has 0 fully saturated rings. The lowest BCUT2D eigenvalue weighted by Crippen LogP contribution is -1.96. The number of hydrogen-bond acceptors (Lipinski definition) is 2. The zero-order valence-electron chi connectivity index (χ0n) is 7.28. The summed E-state index contributed by atoms with van der Waals surface area (Å²) < 4.78 is 1.69. The van der Waals surface area contributed by atoms with E-state index in [0.717, 1.165) is 11.0 Å². The Morgan fingerprint density at radius 2 is 2.15 bits per heavy atom. The van der Waals surface area contributed by atoms with Gasteiger partial charge in [-0.05, 0) is 19.1 Å². The maximum Gasteiger partial charge on any atom is 0.213 e. The second-order valence-corrected chi connectivity index (χ2v) is 2.66. The van der Waals surface area contributed by atoms with E-state index in [1.54, 1.807) is 11.5 Å². The molecular formula is C10H9N3. The molecule has 1 aromatic carbocycles. The minimum atomic E-state index is 0.440. The second-order valence-electron chi connectivity index (χ2n) is 2.66. The Hall–Kier alpha value is -1.95. The predicted molar refractivity (Wildman–Crippen MR) is 53.0 cm³/mol. The van der Waals surface area contributed by atoms with Crippen LogP contribution in [-0.2, 0) is 0 Å². The van der Waals surface area contributed by atoms with Crippen molar-refractivity contribution in [3.05, 3.63) is 24.3 Å². The highest BCUT2D eigenvalue weighted by atomic mass is 15.1. The maximum absolute atomic E-state index is 5.69. The first kappa shape index (κ1) is 7.69. The fourth-order valence-corrected chi connectivity index (χ4v) is 1.27. The quantitative estimate of drug-likeness (QED) is 0.609. The average molecular weight is 171 g/mol. The molecule has 0 aliphatic carbocycles. The van der Waals surface area contributed by atoms with Gasteiger partial charge in [-0.2, -0.15) is 0 Å². The molecule has 1 heterocycles. The van der Waals surface area contributed by atoms with Crippen LogP contribution in [0.5, 0.6) is 0 Å². The molecule has 0 unspecified atom stereocenters. The normalized spacial score (nSPS) is 9.62. The van der Waals surface area contributed by atoms with Crippen molar-refractivity contribution >= 4 is 17.0 Å². The maximum atomic E-state index is 5.69. The first-order chi connectivity index (χ1) is 6.33. The van der Waals surface area contributed by atoms with Crippen LogP contribution in [0.25, 0.3) is 11.0 Å². The highest BCUT2D eigenvalue weighted by Crippen LogP contribution is 2.15. The van der Waals surface area contributed by atoms with Crippen molar-refractivity contribution in [1.29, 1.82) is 0 Å². The standard InChI is InChI=1S/C10H9N3/c1-2-7-13-9-6-4-3-5-8(9)12-10(13)11/h3-6H,1H3,(H2,11,12). The third-order valence-corrected chi connectivity index (χ3v) is 1.81. The summed E-state index contributed by atoms with van der Waals surface area (Å²) >= 11 is 0. The van der Waals surface area contributed by atoms with Crippen molar-refractivity contribution < 1.29 is 0 Å². The molecule has 0 aliphatic heterocycles. The van der Waals surface area contributed by atoms with E-state index >= 15 is 0 Å². The first-order valence-electron chi connectivity index (χ1n) is 3.98. The summed E-state index contributed by atoms with van der Waals surface area (Å²) in [6.45, 7) is 1.77. The molecule has 0 radical (unpaired) electrons. The minimum absolute atomic E-state index is 0.440. The molecule has 0 atom stereocenters. The van der Waals surface area contributed by atoms with Crippen molar-refractivity contribution in [2.75, 3.05) is 5.73 Å². The minimum Gasteiger partial charge on any atom is -0.368 e. The molecule has 2 aromatic rings. The van der Waals surface area contributed by atoms with Gasteiger partial charge in [0.05, 0.1) is 11.0 Å². The fourth-order valence-electron chi connectivity index (χ4n) is 1.27. The lowest BCUT2D eigenvalue weighted by molar-refractivity contribution is 1.17. The molecule has 0 spiro atoms. The molecular weight excluding hydrogens is 162 g/mol. The van der Waals surface area contributed by atoms with Gasteiger partial charge in [-0.25, -0.2) is 9.55 Å². The van der Waals surface area contributed by atoms with Gasteiger partial charge in [0.1, 0.15) is 0 Å². The Balaban J connectivity index is 2.83. The summed E-state index contributed by atoms with van der Waals surface area (Å²) in [7, 11) is 0. The highest BCUT2D eigenvalue weighted by molar-refractivity contribution is 5.79. The van der Waals surface area contributed by atoms with E-state index in [-0.39, 0.29) is 0 Å². The Morgan fingerprint density at radius 3 is 2.92 bits per heavy atom. The molecule has 2 N–H and O–H groups in total. The van der Waals surface area contributed by atoms with E-state index < -0.39 is 0 Å². The van der Waals surface area contributed by atoms with Gasteiger partial charge < -0.3 is 5.73 Å². The number of nitrogens with two attached hydrogens (primary N) is 1.